The maximum absolute atomic E-state index is 12.9. The molecule has 6 heteroatoms. The average molecular weight is 338 g/mol. The van der Waals surface area contributed by atoms with Crippen LogP contribution in [0.1, 0.15) is 55.5 Å². The number of fused-ring (bicyclic) bond motifs is 2. The maximum atomic E-state index is 12.9. The molecule has 1 N–H and O–H groups in total. The van der Waals surface area contributed by atoms with Gasteiger partial charge < -0.3 is 9.84 Å². The van der Waals surface area contributed by atoms with Crippen molar-refractivity contribution in [2.75, 3.05) is 7.11 Å². The summed E-state index contributed by atoms with van der Waals surface area (Å²) in [5.41, 5.74) is -0.152. The first kappa shape index (κ1) is 16.6. The highest BCUT2D eigenvalue weighted by molar-refractivity contribution is 6.31. The Morgan fingerprint density at radius 2 is 1.68 bits per heavy atom. The number of ketones is 4. The first-order valence-corrected chi connectivity index (χ1v) is 7.51. The van der Waals surface area contributed by atoms with Crippen LogP contribution in [0.3, 0.4) is 0 Å². The average Bonchev–Trinajstić information content (AvgIpc) is 2.57. The van der Waals surface area contributed by atoms with Crippen LogP contribution in [0, 0.1) is 0 Å². The summed E-state index contributed by atoms with van der Waals surface area (Å²) in [5, 5.41) is 10.4. The molecule has 0 heterocycles. The van der Waals surface area contributed by atoms with E-state index in [0.29, 0.717) is 0 Å². The SMILES string of the molecule is COc1cccc2c1C(=O)c1c(ccc(C(=O)CC(C)=O)c1O)C2=O. The van der Waals surface area contributed by atoms with E-state index in [0.717, 1.165) is 0 Å². The number of ether oxygens (including phenoxy) is 1. The van der Waals surface area contributed by atoms with Gasteiger partial charge in [-0.2, -0.15) is 0 Å². The van der Waals surface area contributed by atoms with Gasteiger partial charge in [0.1, 0.15) is 17.3 Å². The summed E-state index contributed by atoms with van der Waals surface area (Å²) in [6.07, 6.45) is -0.394. The molecular weight excluding hydrogens is 324 g/mol. The molecule has 0 radical (unpaired) electrons. The normalized spacial score (nSPS) is 12.4. The van der Waals surface area contributed by atoms with Crippen LogP contribution in [0.15, 0.2) is 30.3 Å². The third-order valence-corrected chi connectivity index (χ3v) is 4.08. The summed E-state index contributed by atoms with van der Waals surface area (Å²) >= 11 is 0. The molecule has 0 spiro atoms. The Kier molecular flexibility index (Phi) is 3.96. The number of hydrogen-bond donors (Lipinski definition) is 1. The van der Waals surface area contributed by atoms with Crippen LogP contribution in [0.5, 0.6) is 11.5 Å². The minimum Gasteiger partial charge on any atom is -0.506 e. The van der Waals surface area contributed by atoms with Gasteiger partial charge in [-0.25, -0.2) is 0 Å². The Bertz CT molecular complexity index is 955. The van der Waals surface area contributed by atoms with E-state index >= 15 is 0 Å². The number of phenols is 1. The molecule has 1 aliphatic rings. The summed E-state index contributed by atoms with van der Waals surface area (Å²) in [4.78, 5) is 48.8. The summed E-state index contributed by atoms with van der Waals surface area (Å²) < 4.78 is 5.15. The van der Waals surface area contributed by atoms with Crippen LogP contribution in [-0.4, -0.2) is 35.3 Å². The van der Waals surface area contributed by atoms with Crippen molar-refractivity contribution in [3.63, 3.8) is 0 Å². The Morgan fingerprint density at radius 1 is 1.00 bits per heavy atom. The third-order valence-electron chi connectivity index (χ3n) is 4.08. The molecule has 0 unspecified atom stereocenters. The number of carbonyl (C=O) groups is 4. The number of phenolic OH excluding ortho intramolecular Hbond substituents is 1. The van der Waals surface area contributed by atoms with Crippen molar-refractivity contribution in [1.29, 1.82) is 0 Å². The first-order chi connectivity index (χ1) is 11.9. The molecule has 0 amide bonds. The molecule has 0 aromatic heterocycles. The summed E-state index contributed by atoms with van der Waals surface area (Å²) in [6, 6.07) is 7.23. The zero-order valence-corrected chi connectivity index (χ0v) is 13.6. The second-order valence-corrected chi connectivity index (χ2v) is 5.73. The second-order valence-electron chi connectivity index (χ2n) is 5.73. The van der Waals surface area contributed by atoms with E-state index in [2.05, 4.69) is 0 Å². The molecule has 0 saturated carbocycles. The summed E-state index contributed by atoms with van der Waals surface area (Å²) in [6.45, 7) is 1.25. The summed E-state index contributed by atoms with van der Waals surface area (Å²) in [7, 11) is 1.37. The van der Waals surface area contributed by atoms with E-state index in [9.17, 15) is 24.3 Å². The minimum atomic E-state index is -0.612. The van der Waals surface area contributed by atoms with Gasteiger partial charge in [-0.05, 0) is 25.1 Å². The lowest BCUT2D eigenvalue weighted by Crippen LogP contribution is -2.22. The molecule has 6 nitrogen and oxygen atoms in total. The predicted molar refractivity (Wildman–Crippen MR) is 87.6 cm³/mol. The Labute approximate surface area is 143 Å². The van der Waals surface area contributed by atoms with E-state index in [1.165, 1.54) is 38.3 Å². The monoisotopic (exact) mass is 338 g/mol. The van der Waals surface area contributed by atoms with E-state index in [1.807, 2.05) is 0 Å². The van der Waals surface area contributed by atoms with Crippen molar-refractivity contribution in [1.82, 2.24) is 0 Å². The van der Waals surface area contributed by atoms with Gasteiger partial charge in [0, 0.05) is 11.1 Å². The molecule has 0 saturated heterocycles. The number of rotatable bonds is 4. The van der Waals surface area contributed by atoms with Crippen molar-refractivity contribution in [3.05, 3.63) is 58.1 Å². The van der Waals surface area contributed by atoms with Gasteiger partial charge in [-0.3, -0.25) is 19.2 Å². The lowest BCUT2D eigenvalue weighted by Gasteiger charge is -2.21. The van der Waals surface area contributed by atoms with E-state index in [4.69, 9.17) is 4.74 Å². The first-order valence-electron chi connectivity index (χ1n) is 7.51. The van der Waals surface area contributed by atoms with Crippen molar-refractivity contribution in [3.8, 4) is 11.5 Å². The summed E-state index contributed by atoms with van der Waals surface area (Å²) in [5.74, 6) is -2.39. The lowest BCUT2D eigenvalue weighted by molar-refractivity contribution is -0.116. The van der Waals surface area contributed by atoms with Crippen LogP contribution < -0.4 is 4.74 Å². The van der Waals surface area contributed by atoms with Gasteiger partial charge in [0.05, 0.1) is 30.2 Å². The van der Waals surface area contributed by atoms with Gasteiger partial charge in [-0.15, -0.1) is 0 Å². The highest BCUT2D eigenvalue weighted by atomic mass is 16.5. The van der Waals surface area contributed by atoms with Gasteiger partial charge in [-0.1, -0.05) is 12.1 Å². The Morgan fingerprint density at radius 3 is 2.32 bits per heavy atom. The van der Waals surface area contributed by atoms with Crippen LogP contribution in [-0.2, 0) is 4.79 Å². The molecule has 0 aliphatic heterocycles. The second kappa shape index (κ2) is 5.98. The molecule has 25 heavy (non-hydrogen) atoms. The van der Waals surface area contributed by atoms with Crippen molar-refractivity contribution >= 4 is 23.1 Å². The quantitative estimate of drug-likeness (QED) is 0.579. The van der Waals surface area contributed by atoms with Crippen LogP contribution in [0.25, 0.3) is 0 Å². The van der Waals surface area contributed by atoms with Gasteiger partial charge >= 0.3 is 0 Å². The van der Waals surface area contributed by atoms with Crippen LogP contribution in [0.4, 0.5) is 0 Å². The predicted octanol–water partition coefficient (Wildman–Crippen LogP) is 2.34. The molecule has 2 aromatic rings. The molecule has 2 aromatic carbocycles. The zero-order chi connectivity index (χ0) is 18.3. The van der Waals surface area contributed by atoms with Crippen LogP contribution in [0.2, 0.25) is 0 Å². The molecule has 0 bridgehead atoms. The van der Waals surface area contributed by atoms with Gasteiger partial charge in [0.15, 0.2) is 11.6 Å². The fraction of sp³-hybridized carbons (Fsp3) is 0.158. The fourth-order valence-electron chi connectivity index (χ4n) is 2.95. The highest BCUT2D eigenvalue weighted by Crippen LogP contribution is 2.38. The largest absolute Gasteiger partial charge is 0.506 e. The highest BCUT2D eigenvalue weighted by Gasteiger charge is 2.35. The van der Waals surface area contributed by atoms with Crippen molar-refractivity contribution < 1.29 is 29.0 Å². The van der Waals surface area contributed by atoms with E-state index in [1.54, 1.807) is 6.07 Å². The number of benzene rings is 2. The van der Waals surface area contributed by atoms with E-state index in [-0.39, 0.29) is 39.4 Å². The number of Topliss-reactive ketones (excluding diaryl/α,β-unsaturated/α-hetero) is 2. The van der Waals surface area contributed by atoms with E-state index < -0.39 is 29.5 Å². The van der Waals surface area contributed by atoms with Gasteiger partial charge in [0.25, 0.3) is 0 Å². The van der Waals surface area contributed by atoms with Crippen LogP contribution >= 0.6 is 0 Å². The fourth-order valence-corrected chi connectivity index (χ4v) is 2.95. The lowest BCUT2D eigenvalue weighted by atomic mass is 9.81. The standard InChI is InChI=1S/C19H14O6/c1-9(20)8-13(21)10-6-7-12-16(18(10)23)19(24)15-11(17(12)22)4-3-5-14(15)25-2/h3-7,23H,8H2,1-2H3. The maximum Gasteiger partial charge on any atom is 0.202 e. The number of carbonyl (C=O) groups excluding carboxylic acids is 4. The topological polar surface area (TPSA) is 97.7 Å². The number of aromatic hydroxyl groups is 1. The minimum absolute atomic E-state index is 0.0163. The number of hydrogen-bond acceptors (Lipinski definition) is 6. The van der Waals surface area contributed by atoms with Gasteiger partial charge in [0.2, 0.25) is 5.78 Å². The molecule has 0 atom stereocenters. The smallest absolute Gasteiger partial charge is 0.202 e. The Balaban J connectivity index is 2.22. The number of methoxy groups -OCH3 is 1. The molecule has 1 aliphatic carbocycles. The van der Waals surface area contributed by atoms with Crippen molar-refractivity contribution in [2.45, 2.75) is 13.3 Å². The Hall–Kier alpha value is -3.28. The molecule has 3 rings (SSSR count). The van der Waals surface area contributed by atoms with Crippen molar-refractivity contribution in [2.24, 2.45) is 0 Å². The molecule has 0 fully saturated rings. The molecule has 126 valence electrons. The molecular formula is C19H14O6. The third kappa shape index (κ3) is 2.52. The zero-order valence-electron chi connectivity index (χ0n) is 13.6.